The first kappa shape index (κ1) is 14.4. The van der Waals surface area contributed by atoms with Gasteiger partial charge in [0, 0.05) is 24.3 Å². The van der Waals surface area contributed by atoms with Crippen LogP contribution in [0, 0.1) is 6.92 Å². The van der Waals surface area contributed by atoms with Crippen LogP contribution < -0.4 is 10.5 Å². The number of anilines is 1. The van der Waals surface area contributed by atoms with E-state index in [-0.39, 0.29) is 0 Å². The molecule has 0 aromatic heterocycles. The van der Waals surface area contributed by atoms with Gasteiger partial charge in [0.05, 0.1) is 7.11 Å². The minimum Gasteiger partial charge on any atom is -0.496 e. The average Bonchev–Trinajstić information content (AvgIpc) is 2.38. The fraction of sp³-hybridized carbons (Fsp3) is 0.294. The number of aryl methyl sites for hydroxylation is 1. The summed E-state index contributed by atoms with van der Waals surface area (Å²) in [4.78, 5) is 2.26. The van der Waals surface area contributed by atoms with Gasteiger partial charge in [0.25, 0.3) is 0 Å². The number of benzene rings is 2. The van der Waals surface area contributed by atoms with Gasteiger partial charge in [0.15, 0.2) is 0 Å². The predicted octanol–water partition coefficient (Wildman–Crippen LogP) is 3.22. The first-order valence-electron chi connectivity index (χ1n) is 6.75. The molecule has 2 aromatic carbocycles. The number of nitrogens with two attached hydrogens (primary N) is 1. The van der Waals surface area contributed by atoms with Gasteiger partial charge in [-0.1, -0.05) is 29.8 Å². The third-order valence-corrected chi connectivity index (χ3v) is 3.28. The van der Waals surface area contributed by atoms with Crippen LogP contribution in [-0.4, -0.2) is 19.1 Å². The molecule has 0 saturated carbocycles. The molecule has 106 valence electrons. The van der Waals surface area contributed by atoms with Crippen molar-refractivity contribution in [2.75, 3.05) is 19.9 Å². The molecule has 2 N–H and O–H groups in total. The molecule has 0 aliphatic heterocycles. The Morgan fingerprint density at radius 2 is 1.90 bits per heavy atom. The van der Waals surface area contributed by atoms with Crippen LogP contribution in [0.3, 0.4) is 0 Å². The van der Waals surface area contributed by atoms with Crippen LogP contribution in [0.15, 0.2) is 42.5 Å². The van der Waals surface area contributed by atoms with Crippen molar-refractivity contribution in [1.82, 2.24) is 4.90 Å². The fourth-order valence-electron chi connectivity index (χ4n) is 2.38. The van der Waals surface area contributed by atoms with E-state index in [1.165, 1.54) is 16.7 Å². The van der Waals surface area contributed by atoms with E-state index in [9.17, 15) is 0 Å². The maximum absolute atomic E-state index is 5.81. The second-order valence-electron chi connectivity index (χ2n) is 5.23. The molecule has 0 atom stereocenters. The molecule has 0 spiro atoms. The third kappa shape index (κ3) is 3.75. The molecular formula is C17H22N2O. The molecule has 0 fully saturated rings. The van der Waals surface area contributed by atoms with E-state index in [2.05, 4.69) is 37.1 Å². The lowest BCUT2D eigenvalue weighted by molar-refractivity contribution is 0.310. The fourth-order valence-corrected chi connectivity index (χ4v) is 2.38. The summed E-state index contributed by atoms with van der Waals surface area (Å²) in [5.74, 6) is 0.940. The van der Waals surface area contributed by atoms with Gasteiger partial charge in [-0.25, -0.2) is 0 Å². The molecule has 0 radical (unpaired) electrons. The topological polar surface area (TPSA) is 38.5 Å². The van der Waals surface area contributed by atoms with E-state index in [0.29, 0.717) is 0 Å². The summed E-state index contributed by atoms with van der Waals surface area (Å²) in [5.41, 5.74) is 10.3. The maximum atomic E-state index is 5.81. The summed E-state index contributed by atoms with van der Waals surface area (Å²) in [6.07, 6.45) is 0. The number of methoxy groups -OCH3 is 1. The van der Waals surface area contributed by atoms with Crippen molar-refractivity contribution in [2.24, 2.45) is 0 Å². The zero-order valence-corrected chi connectivity index (χ0v) is 12.4. The van der Waals surface area contributed by atoms with Crippen LogP contribution in [0.2, 0.25) is 0 Å². The van der Waals surface area contributed by atoms with E-state index >= 15 is 0 Å². The van der Waals surface area contributed by atoms with Crippen LogP contribution in [0.5, 0.6) is 5.75 Å². The highest BCUT2D eigenvalue weighted by Crippen LogP contribution is 2.21. The molecule has 0 aliphatic rings. The average molecular weight is 270 g/mol. The second-order valence-corrected chi connectivity index (χ2v) is 5.23. The Hall–Kier alpha value is -2.00. The van der Waals surface area contributed by atoms with Gasteiger partial charge in [-0.2, -0.15) is 0 Å². The Kier molecular flexibility index (Phi) is 4.64. The van der Waals surface area contributed by atoms with Crippen LogP contribution in [0.1, 0.15) is 16.7 Å². The summed E-state index contributed by atoms with van der Waals surface area (Å²) in [7, 11) is 3.82. The molecule has 20 heavy (non-hydrogen) atoms. The number of rotatable bonds is 5. The molecule has 3 nitrogen and oxygen atoms in total. The number of ether oxygens (including phenoxy) is 1. The second kappa shape index (κ2) is 6.44. The highest BCUT2D eigenvalue weighted by Gasteiger charge is 2.07. The van der Waals surface area contributed by atoms with Crippen molar-refractivity contribution in [3.8, 4) is 5.75 Å². The van der Waals surface area contributed by atoms with Crippen LogP contribution >= 0.6 is 0 Å². The van der Waals surface area contributed by atoms with Crippen molar-refractivity contribution in [1.29, 1.82) is 0 Å². The molecule has 3 heteroatoms. The Balaban J connectivity index is 2.08. The van der Waals surface area contributed by atoms with Crippen LogP contribution in [-0.2, 0) is 13.1 Å². The molecular weight excluding hydrogens is 248 g/mol. The van der Waals surface area contributed by atoms with Gasteiger partial charge < -0.3 is 10.5 Å². The molecule has 2 aromatic rings. The third-order valence-electron chi connectivity index (χ3n) is 3.28. The summed E-state index contributed by atoms with van der Waals surface area (Å²) in [5, 5.41) is 0. The van der Waals surface area contributed by atoms with Crippen LogP contribution in [0.4, 0.5) is 5.69 Å². The van der Waals surface area contributed by atoms with E-state index in [1.54, 1.807) is 7.11 Å². The van der Waals surface area contributed by atoms with Gasteiger partial charge in [0.1, 0.15) is 5.75 Å². The minimum absolute atomic E-state index is 0.809. The highest BCUT2D eigenvalue weighted by atomic mass is 16.5. The summed E-state index contributed by atoms with van der Waals surface area (Å²) in [6.45, 7) is 3.81. The van der Waals surface area contributed by atoms with Crippen molar-refractivity contribution < 1.29 is 4.74 Å². The van der Waals surface area contributed by atoms with E-state index < -0.39 is 0 Å². The first-order valence-corrected chi connectivity index (χ1v) is 6.75. The quantitative estimate of drug-likeness (QED) is 0.848. The molecule has 0 saturated heterocycles. The normalized spacial score (nSPS) is 10.8. The Morgan fingerprint density at radius 1 is 1.10 bits per heavy atom. The van der Waals surface area contributed by atoms with Gasteiger partial charge in [-0.15, -0.1) is 0 Å². The number of hydrogen-bond acceptors (Lipinski definition) is 3. The lowest BCUT2D eigenvalue weighted by atomic mass is 10.1. The van der Waals surface area contributed by atoms with Crippen molar-refractivity contribution in [3.05, 3.63) is 59.2 Å². The van der Waals surface area contributed by atoms with Gasteiger partial charge in [-0.05, 0) is 37.7 Å². The van der Waals surface area contributed by atoms with Crippen LogP contribution in [0.25, 0.3) is 0 Å². The summed E-state index contributed by atoms with van der Waals surface area (Å²) in [6, 6.07) is 14.3. The van der Waals surface area contributed by atoms with E-state index in [1.807, 2.05) is 24.3 Å². The lowest BCUT2D eigenvalue weighted by Gasteiger charge is -2.19. The molecule has 0 unspecified atom stereocenters. The van der Waals surface area contributed by atoms with Gasteiger partial charge in [-0.3, -0.25) is 4.90 Å². The summed E-state index contributed by atoms with van der Waals surface area (Å²) >= 11 is 0. The van der Waals surface area contributed by atoms with E-state index in [0.717, 1.165) is 24.5 Å². The molecule has 0 bridgehead atoms. The van der Waals surface area contributed by atoms with Crippen molar-refractivity contribution >= 4 is 5.69 Å². The molecule has 0 heterocycles. The molecule has 2 rings (SSSR count). The highest BCUT2D eigenvalue weighted by molar-refractivity contribution is 5.41. The molecule has 0 aliphatic carbocycles. The van der Waals surface area contributed by atoms with Gasteiger partial charge >= 0.3 is 0 Å². The van der Waals surface area contributed by atoms with Crippen molar-refractivity contribution in [2.45, 2.75) is 20.0 Å². The lowest BCUT2D eigenvalue weighted by Crippen LogP contribution is -2.17. The minimum atomic E-state index is 0.809. The Labute approximate surface area is 121 Å². The standard InChI is InChI=1S/C17H22N2O/c1-13-7-8-17(20-3)15(9-13)12-19(2)11-14-5-4-6-16(18)10-14/h4-10H,11-12,18H2,1-3H3. The summed E-state index contributed by atoms with van der Waals surface area (Å²) < 4.78 is 5.42. The monoisotopic (exact) mass is 270 g/mol. The molecule has 0 amide bonds. The SMILES string of the molecule is COc1ccc(C)cc1CN(C)Cc1cccc(N)c1. The largest absolute Gasteiger partial charge is 0.496 e. The Morgan fingerprint density at radius 3 is 2.60 bits per heavy atom. The smallest absolute Gasteiger partial charge is 0.123 e. The zero-order valence-electron chi connectivity index (χ0n) is 12.4. The first-order chi connectivity index (χ1) is 9.58. The van der Waals surface area contributed by atoms with Gasteiger partial charge in [0.2, 0.25) is 0 Å². The predicted molar refractivity (Wildman–Crippen MR) is 83.8 cm³/mol. The van der Waals surface area contributed by atoms with Crippen molar-refractivity contribution in [3.63, 3.8) is 0 Å². The number of nitrogen functional groups attached to an aromatic ring is 1. The Bertz CT molecular complexity index is 581. The zero-order chi connectivity index (χ0) is 14.5. The maximum Gasteiger partial charge on any atom is 0.123 e. The van der Waals surface area contributed by atoms with E-state index in [4.69, 9.17) is 10.5 Å². The number of hydrogen-bond donors (Lipinski definition) is 1. The number of nitrogens with zero attached hydrogens (tertiary/aromatic N) is 1.